The molecule has 3 N–H and O–H groups in total. The van der Waals surface area contributed by atoms with Crippen molar-refractivity contribution < 1.29 is 4.92 Å². The van der Waals surface area contributed by atoms with E-state index in [1.54, 1.807) is 6.92 Å². The SMILES string of the molecule is Cc1nc(NN)nc(N2CCCC(C)(C)C2)c1[N+](=O)[O-]. The molecule has 1 fully saturated rings. The number of nitrogens with one attached hydrogen (secondary N) is 1. The van der Waals surface area contributed by atoms with Gasteiger partial charge in [-0.2, -0.15) is 4.98 Å². The summed E-state index contributed by atoms with van der Waals surface area (Å²) in [5, 5.41) is 11.3. The molecule has 2 rings (SSSR count). The first kappa shape index (κ1) is 14.4. The van der Waals surface area contributed by atoms with Gasteiger partial charge in [-0.15, -0.1) is 0 Å². The van der Waals surface area contributed by atoms with Gasteiger partial charge in [-0.05, 0) is 25.2 Å². The van der Waals surface area contributed by atoms with E-state index in [4.69, 9.17) is 5.84 Å². The maximum absolute atomic E-state index is 11.3. The average Bonchev–Trinajstić information content (AvgIpc) is 2.35. The van der Waals surface area contributed by atoms with Crippen LogP contribution in [0.4, 0.5) is 17.5 Å². The summed E-state index contributed by atoms with van der Waals surface area (Å²) in [6.07, 6.45) is 2.09. The second-order valence-corrected chi connectivity index (χ2v) is 5.90. The predicted octanol–water partition coefficient (Wildman–Crippen LogP) is 1.61. The van der Waals surface area contributed by atoms with Crippen molar-refractivity contribution in [2.75, 3.05) is 23.4 Å². The summed E-state index contributed by atoms with van der Waals surface area (Å²) in [6.45, 7) is 7.39. The van der Waals surface area contributed by atoms with Crippen LogP contribution in [-0.4, -0.2) is 28.0 Å². The Morgan fingerprint density at radius 3 is 2.70 bits per heavy atom. The van der Waals surface area contributed by atoms with Crippen LogP contribution in [0.25, 0.3) is 0 Å². The molecular formula is C12H20N6O2. The molecule has 1 aliphatic heterocycles. The molecule has 0 radical (unpaired) electrons. The van der Waals surface area contributed by atoms with Crippen LogP contribution in [-0.2, 0) is 0 Å². The van der Waals surface area contributed by atoms with E-state index in [0.717, 1.165) is 25.9 Å². The van der Waals surface area contributed by atoms with Crippen LogP contribution < -0.4 is 16.2 Å². The number of nitrogen functional groups attached to an aromatic ring is 1. The minimum atomic E-state index is -0.424. The highest BCUT2D eigenvalue weighted by Gasteiger charge is 2.32. The van der Waals surface area contributed by atoms with Gasteiger partial charge in [0.1, 0.15) is 5.69 Å². The Balaban J connectivity index is 2.48. The number of hydrazine groups is 1. The maximum Gasteiger partial charge on any atom is 0.332 e. The van der Waals surface area contributed by atoms with Gasteiger partial charge in [0, 0.05) is 13.1 Å². The van der Waals surface area contributed by atoms with E-state index in [1.165, 1.54) is 0 Å². The van der Waals surface area contributed by atoms with Gasteiger partial charge in [0.25, 0.3) is 0 Å². The van der Waals surface area contributed by atoms with E-state index in [2.05, 4.69) is 29.2 Å². The van der Waals surface area contributed by atoms with Crippen LogP contribution in [0.3, 0.4) is 0 Å². The number of nitrogens with zero attached hydrogens (tertiary/aromatic N) is 4. The molecule has 0 spiro atoms. The minimum absolute atomic E-state index is 0.0401. The van der Waals surface area contributed by atoms with E-state index in [-0.39, 0.29) is 17.1 Å². The fourth-order valence-corrected chi connectivity index (χ4v) is 2.65. The van der Waals surface area contributed by atoms with Crippen molar-refractivity contribution in [1.29, 1.82) is 0 Å². The van der Waals surface area contributed by atoms with E-state index >= 15 is 0 Å². The molecular weight excluding hydrogens is 260 g/mol. The normalized spacial score (nSPS) is 17.9. The standard InChI is InChI=1S/C12H20N6O2/c1-8-9(18(19)20)10(15-11(14-8)16-13)17-6-4-5-12(2,3)7-17/h4-7,13H2,1-3H3,(H,14,15,16). The number of aryl methyl sites for hydroxylation is 1. The number of rotatable bonds is 3. The molecule has 1 aromatic rings. The first-order chi connectivity index (χ1) is 9.34. The van der Waals surface area contributed by atoms with Gasteiger partial charge in [-0.25, -0.2) is 10.8 Å². The van der Waals surface area contributed by atoms with E-state index < -0.39 is 4.92 Å². The van der Waals surface area contributed by atoms with Crippen molar-refractivity contribution in [3.63, 3.8) is 0 Å². The second-order valence-electron chi connectivity index (χ2n) is 5.90. The largest absolute Gasteiger partial charge is 0.350 e. The second kappa shape index (κ2) is 5.20. The third kappa shape index (κ3) is 2.79. The number of aromatic nitrogens is 2. The average molecular weight is 280 g/mol. The number of nitro groups is 1. The van der Waals surface area contributed by atoms with Gasteiger partial charge in [-0.3, -0.25) is 15.5 Å². The van der Waals surface area contributed by atoms with Crippen LogP contribution >= 0.6 is 0 Å². The summed E-state index contributed by atoms with van der Waals surface area (Å²) in [5.41, 5.74) is 2.75. The van der Waals surface area contributed by atoms with Crippen molar-refractivity contribution in [3.05, 3.63) is 15.8 Å². The highest BCUT2D eigenvalue weighted by atomic mass is 16.6. The fraction of sp³-hybridized carbons (Fsp3) is 0.667. The molecule has 0 aliphatic carbocycles. The molecule has 0 saturated carbocycles. The van der Waals surface area contributed by atoms with Gasteiger partial charge < -0.3 is 4.90 Å². The maximum atomic E-state index is 11.3. The Morgan fingerprint density at radius 2 is 2.15 bits per heavy atom. The summed E-state index contributed by atoms with van der Waals surface area (Å²) in [4.78, 5) is 21.0. The third-order valence-electron chi connectivity index (χ3n) is 3.55. The monoisotopic (exact) mass is 280 g/mol. The zero-order valence-corrected chi connectivity index (χ0v) is 12.0. The fourth-order valence-electron chi connectivity index (χ4n) is 2.65. The summed E-state index contributed by atoms with van der Waals surface area (Å²) in [5.74, 6) is 5.88. The molecule has 0 amide bonds. The molecule has 1 aliphatic rings. The number of nitrogens with two attached hydrogens (primary N) is 1. The van der Waals surface area contributed by atoms with Crippen molar-refractivity contribution in [2.24, 2.45) is 11.3 Å². The lowest BCUT2D eigenvalue weighted by molar-refractivity contribution is -0.385. The molecule has 0 aromatic carbocycles. The highest BCUT2D eigenvalue weighted by molar-refractivity contribution is 5.62. The van der Waals surface area contributed by atoms with E-state index in [9.17, 15) is 10.1 Å². The molecule has 0 unspecified atom stereocenters. The Hall–Kier alpha value is -1.96. The number of anilines is 2. The minimum Gasteiger partial charge on any atom is -0.350 e. The molecule has 8 heteroatoms. The van der Waals surface area contributed by atoms with Crippen molar-refractivity contribution in [1.82, 2.24) is 9.97 Å². The molecule has 1 saturated heterocycles. The molecule has 2 heterocycles. The lowest BCUT2D eigenvalue weighted by atomic mass is 9.84. The first-order valence-corrected chi connectivity index (χ1v) is 6.59. The van der Waals surface area contributed by atoms with Crippen molar-refractivity contribution >= 4 is 17.5 Å². The summed E-state index contributed by atoms with van der Waals surface area (Å²) < 4.78 is 0. The summed E-state index contributed by atoms with van der Waals surface area (Å²) in [7, 11) is 0. The first-order valence-electron chi connectivity index (χ1n) is 6.59. The van der Waals surface area contributed by atoms with Gasteiger partial charge in [0.2, 0.25) is 11.8 Å². The lowest BCUT2D eigenvalue weighted by Crippen LogP contribution is -2.41. The topological polar surface area (TPSA) is 110 Å². The Bertz CT molecular complexity index is 531. The highest BCUT2D eigenvalue weighted by Crippen LogP contribution is 2.36. The molecule has 0 atom stereocenters. The molecule has 1 aromatic heterocycles. The van der Waals surface area contributed by atoms with Crippen LogP contribution in [0.1, 0.15) is 32.4 Å². The Morgan fingerprint density at radius 1 is 1.45 bits per heavy atom. The number of piperidine rings is 1. The van der Waals surface area contributed by atoms with Gasteiger partial charge >= 0.3 is 5.69 Å². The quantitative estimate of drug-likeness (QED) is 0.491. The van der Waals surface area contributed by atoms with E-state index in [0.29, 0.717) is 11.5 Å². The molecule has 20 heavy (non-hydrogen) atoms. The zero-order valence-electron chi connectivity index (χ0n) is 12.0. The Kier molecular flexibility index (Phi) is 3.76. The van der Waals surface area contributed by atoms with Gasteiger partial charge in [0.15, 0.2) is 0 Å². The summed E-state index contributed by atoms with van der Waals surface area (Å²) >= 11 is 0. The molecule has 8 nitrogen and oxygen atoms in total. The van der Waals surface area contributed by atoms with Crippen molar-refractivity contribution in [3.8, 4) is 0 Å². The Labute approximate surface area is 117 Å². The van der Waals surface area contributed by atoms with Gasteiger partial charge in [-0.1, -0.05) is 13.8 Å². The summed E-state index contributed by atoms with van der Waals surface area (Å²) in [6, 6.07) is 0. The van der Waals surface area contributed by atoms with Gasteiger partial charge in [0.05, 0.1) is 4.92 Å². The zero-order chi connectivity index (χ0) is 14.9. The van der Waals surface area contributed by atoms with Crippen molar-refractivity contribution in [2.45, 2.75) is 33.6 Å². The van der Waals surface area contributed by atoms with Crippen LogP contribution in [0.2, 0.25) is 0 Å². The van der Waals surface area contributed by atoms with Crippen LogP contribution in [0.5, 0.6) is 0 Å². The smallest absolute Gasteiger partial charge is 0.332 e. The third-order valence-corrected chi connectivity index (χ3v) is 3.55. The molecule has 110 valence electrons. The van der Waals surface area contributed by atoms with E-state index in [1.807, 2.05) is 4.90 Å². The van der Waals surface area contributed by atoms with Crippen LogP contribution in [0.15, 0.2) is 0 Å². The number of hydrogen-bond donors (Lipinski definition) is 2. The van der Waals surface area contributed by atoms with Crippen LogP contribution in [0, 0.1) is 22.5 Å². The number of hydrogen-bond acceptors (Lipinski definition) is 7. The molecule has 0 bridgehead atoms. The predicted molar refractivity (Wildman–Crippen MR) is 76.5 cm³/mol. The lowest BCUT2D eigenvalue weighted by Gasteiger charge is -2.38.